The Morgan fingerprint density at radius 2 is 2.12 bits per heavy atom. The fourth-order valence-corrected chi connectivity index (χ4v) is 4.33. The highest BCUT2D eigenvalue weighted by Crippen LogP contribution is 2.44. The van der Waals surface area contributed by atoms with Crippen LogP contribution in [0.4, 0.5) is 11.4 Å². The van der Waals surface area contributed by atoms with Gasteiger partial charge >= 0.3 is 0 Å². The molecule has 3 aliphatic rings. The van der Waals surface area contributed by atoms with Crippen LogP contribution in [0.2, 0.25) is 0 Å². The molecule has 2 heterocycles. The number of anilines is 2. The average molecular weight is 343 g/mol. The minimum atomic E-state index is -0.622. The highest BCUT2D eigenvalue weighted by Gasteiger charge is 2.47. The highest BCUT2D eigenvalue weighted by atomic mass is 16.3. The third-order valence-corrected chi connectivity index (χ3v) is 6.21. The van der Waals surface area contributed by atoms with Gasteiger partial charge in [0.1, 0.15) is 0 Å². The van der Waals surface area contributed by atoms with Crippen molar-refractivity contribution >= 4 is 23.2 Å². The number of likely N-dealkylation sites (tertiary alicyclic amines) is 1. The predicted molar refractivity (Wildman–Crippen MR) is 95.5 cm³/mol. The van der Waals surface area contributed by atoms with Gasteiger partial charge in [-0.25, -0.2) is 0 Å². The van der Waals surface area contributed by atoms with Gasteiger partial charge < -0.3 is 20.6 Å². The Morgan fingerprint density at radius 3 is 2.80 bits per heavy atom. The molecule has 2 fully saturated rings. The van der Waals surface area contributed by atoms with Crippen LogP contribution in [-0.2, 0) is 4.79 Å². The monoisotopic (exact) mass is 343 g/mol. The van der Waals surface area contributed by atoms with Gasteiger partial charge in [-0.05, 0) is 43.4 Å². The Kier molecular flexibility index (Phi) is 3.95. The number of rotatable bonds is 2. The Bertz CT molecular complexity index is 716. The molecule has 1 aromatic rings. The van der Waals surface area contributed by atoms with Crippen LogP contribution in [-0.4, -0.2) is 47.1 Å². The van der Waals surface area contributed by atoms with E-state index in [1.807, 2.05) is 11.0 Å². The van der Waals surface area contributed by atoms with Gasteiger partial charge in [-0.2, -0.15) is 0 Å². The van der Waals surface area contributed by atoms with Crippen LogP contribution in [0.25, 0.3) is 0 Å². The van der Waals surface area contributed by atoms with Crippen LogP contribution >= 0.6 is 0 Å². The standard InChI is InChI=1S/C19H25N3O3/c1-12-11-22(8-7-19(12,25)14-3-2-4-14)18(24)13-5-6-15-16(9-13)21-17(23)10-20-15/h5-6,9,12,14,20,25H,2-4,7-8,10-11H2,1H3,(H,21,23)/t12-,19+/m1/s1. The summed E-state index contributed by atoms with van der Waals surface area (Å²) in [6.07, 6.45) is 4.06. The molecule has 1 aliphatic carbocycles. The summed E-state index contributed by atoms with van der Waals surface area (Å²) in [5, 5.41) is 16.9. The van der Waals surface area contributed by atoms with E-state index in [4.69, 9.17) is 0 Å². The summed E-state index contributed by atoms with van der Waals surface area (Å²) in [6.45, 7) is 3.46. The van der Waals surface area contributed by atoms with Gasteiger partial charge in [0, 0.05) is 24.6 Å². The van der Waals surface area contributed by atoms with Crippen LogP contribution in [0.5, 0.6) is 0 Å². The van der Waals surface area contributed by atoms with Gasteiger partial charge in [0.05, 0.1) is 23.5 Å². The number of carbonyl (C=O) groups excluding carboxylic acids is 2. The van der Waals surface area contributed by atoms with Gasteiger partial charge in [-0.1, -0.05) is 13.3 Å². The molecule has 1 aromatic carbocycles. The van der Waals surface area contributed by atoms with Crippen LogP contribution in [0.15, 0.2) is 18.2 Å². The van der Waals surface area contributed by atoms with Gasteiger partial charge in [-0.15, -0.1) is 0 Å². The average Bonchev–Trinajstić information content (AvgIpc) is 2.54. The maximum absolute atomic E-state index is 12.9. The summed E-state index contributed by atoms with van der Waals surface area (Å²) >= 11 is 0. The Labute approximate surface area is 147 Å². The fraction of sp³-hybridized carbons (Fsp3) is 0.579. The van der Waals surface area contributed by atoms with Crippen molar-refractivity contribution in [3.8, 4) is 0 Å². The van der Waals surface area contributed by atoms with Crippen molar-refractivity contribution < 1.29 is 14.7 Å². The lowest BCUT2D eigenvalue weighted by Gasteiger charge is -2.50. The number of carbonyl (C=O) groups is 2. The molecule has 25 heavy (non-hydrogen) atoms. The second-order valence-electron chi connectivity index (χ2n) is 7.68. The minimum Gasteiger partial charge on any atom is -0.389 e. The summed E-state index contributed by atoms with van der Waals surface area (Å²) in [7, 11) is 0. The zero-order chi connectivity index (χ0) is 17.6. The molecule has 1 saturated carbocycles. The van der Waals surface area contributed by atoms with E-state index < -0.39 is 5.60 Å². The third kappa shape index (κ3) is 2.78. The minimum absolute atomic E-state index is 0.0369. The largest absolute Gasteiger partial charge is 0.389 e. The quantitative estimate of drug-likeness (QED) is 0.768. The molecule has 0 spiro atoms. The van der Waals surface area contributed by atoms with Crippen molar-refractivity contribution in [1.29, 1.82) is 0 Å². The molecule has 2 amide bonds. The Morgan fingerprint density at radius 1 is 1.32 bits per heavy atom. The van der Waals surface area contributed by atoms with E-state index in [2.05, 4.69) is 17.6 Å². The zero-order valence-corrected chi connectivity index (χ0v) is 14.5. The topological polar surface area (TPSA) is 81.7 Å². The van der Waals surface area contributed by atoms with E-state index in [-0.39, 0.29) is 24.3 Å². The molecular weight excluding hydrogens is 318 g/mol. The van der Waals surface area contributed by atoms with Crippen molar-refractivity contribution in [1.82, 2.24) is 4.90 Å². The third-order valence-electron chi connectivity index (χ3n) is 6.21. The molecule has 2 atom stereocenters. The number of fused-ring (bicyclic) bond motifs is 1. The van der Waals surface area contributed by atoms with Crippen molar-refractivity contribution in [3.63, 3.8) is 0 Å². The van der Waals surface area contributed by atoms with Gasteiger partial charge in [0.2, 0.25) is 5.91 Å². The lowest BCUT2D eigenvalue weighted by atomic mass is 9.65. The van der Waals surface area contributed by atoms with E-state index >= 15 is 0 Å². The van der Waals surface area contributed by atoms with Crippen LogP contribution in [0.3, 0.4) is 0 Å². The molecule has 134 valence electrons. The number of amides is 2. The van der Waals surface area contributed by atoms with Crippen molar-refractivity contribution in [2.24, 2.45) is 11.8 Å². The molecule has 1 saturated heterocycles. The van der Waals surface area contributed by atoms with Crippen LogP contribution in [0.1, 0.15) is 43.0 Å². The fourth-order valence-electron chi connectivity index (χ4n) is 4.33. The molecular formula is C19H25N3O3. The molecule has 4 rings (SSSR count). The molecule has 0 radical (unpaired) electrons. The number of nitrogens with zero attached hydrogens (tertiary/aromatic N) is 1. The predicted octanol–water partition coefficient (Wildman–Crippen LogP) is 2.06. The van der Waals surface area contributed by atoms with Crippen molar-refractivity contribution in [3.05, 3.63) is 23.8 Å². The normalized spacial score (nSPS) is 29.3. The Hall–Kier alpha value is -2.08. The lowest BCUT2D eigenvalue weighted by Crippen LogP contribution is -2.57. The molecule has 6 nitrogen and oxygen atoms in total. The zero-order valence-electron chi connectivity index (χ0n) is 14.5. The van der Waals surface area contributed by atoms with E-state index in [0.29, 0.717) is 36.7 Å². The van der Waals surface area contributed by atoms with Gasteiger partial charge in [0.25, 0.3) is 5.91 Å². The number of aliphatic hydroxyl groups is 1. The number of hydrogen-bond donors (Lipinski definition) is 3. The molecule has 0 bridgehead atoms. The van der Waals surface area contributed by atoms with Crippen LogP contribution in [0, 0.1) is 11.8 Å². The first-order chi connectivity index (χ1) is 12.0. The van der Waals surface area contributed by atoms with Gasteiger partial charge in [0.15, 0.2) is 0 Å². The smallest absolute Gasteiger partial charge is 0.253 e. The summed E-state index contributed by atoms with van der Waals surface area (Å²) in [5.74, 6) is 0.332. The second kappa shape index (κ2) is 6.02. The first kappa shape index (κ1) is 16.4. The van der Waals surface area contributed by atoms with Crippen molar-refractivity contribution in [2.45, 2.75) is 38.2 Å². The molecule has 0 unspecified atom stereocenters. The van der Waals surface area contributed by atoms with Crippen LogP contribution < -0.4 is 10.6 Å². The maximum Gasteiger partial charge on any atom is 0.253 e. The summed E-state index contributed by atoms with van der Waals surface area (Å²) in [4.78, 5) is 26.2. The SMILES string of the molecule is C[C@@H]1CN(C(=O)c2ccc3c(c2)NC(=O)CN3)CC[C@@]1(O)C1CCC1. The number of piperidine rings is 1. The lowest BCUT2D eigenvalue weighted by molar-refractivity contribution is -0.122. The summed E-state index contributed by atoms with van der Waals surface area (Å²) < 4.78 is 0. The molecule has 6 heteroatoms. The Balaban J connectivity index is 1.48. The van der Waals surface area contributed by atoms with E-state index in [0.717, 1.165) is 18.5 Å². The first-order valence-electron chi connectivity index (χ1n) is 9.17. The maximum atomic E-state index is 12.9. The number of hydrogen-bond acceptors (Lipinski definition) is 4. The van der Waals surface area contributed by atoms with Crippen molar-refractivity contribution in [2.75, 3.05) is 30.3 Å². The van der Waals surface area contributed by atoms with E-state index in [1.165, 1.54) is 6.42 Å². The summed E-state index contributed by atoms with van der Waals surface area (Å²) in [5.41, 5.74) is 1.44. The first-order valence-corrected chi connectivity index (χ1v) is 9.17. The molecule has 2 aliphatic heterocycles. The summed E-state index contributed by atoms with van der Waals surface area (Å²) in [6, 6.07) is 5.36. The van der Waals surface area contributed by atoms with Gasteiger partial charge in [-0.3, -0.25) is 9.59 Å². The molecule has 0 aromatic heterocycles. The molecule has 3 N–H and O–H groups in total. The number of benzene rings is 1. The number of nitrogens with one attached hydrogen (secondary N) is 2. The second-order valence-corrected chi connectivity index (χ2v) is 7.68. The highest BCUT2D eigenvalue weighted by molar-refractivity contribution is 6.03. The van der Waals surface area contributed by atoms with E-state index in [1.54, 1.807) is 12.1 Å². The van der Waals surface area contributed by atoms with E-state index in [9.17, 15) is 14.7 Å².